The van der Waals surface area contributed by atoms with E-state index in [9.17, 15) is 0 Å². The van der Waals surface area contributed by atoms with E-state index < -0.39 is 0 Å². The van der Waals surface area contributed by atoms with E-state index >= 15 is 0 Å². The molecular weight excluding hydrogens is 156 g/mol. The second-order valence-electron chi connectivity index (χ2n) is 3.15. The van der Waals surface area contributed by atoms with Crippen molar-refractivity contribution < 1.29 is 0 Å². The summed E-state index contributed by atoms with van der Waals surface area (Å²) in [5.74, 6) is 1.47. The van der Waals surface area contributed by atoms with Crippen molar-refractivity contribution in [1.29, 1.82) is 0 Å². The molecule has 1 rings (SSSR count). The van der Waals surface area contributed by atoms with Gasteiger partial charge in [0.2, 0.25) is 0 Å². The maximum atomic E-state index is 3.19. The van der Waals surface area contributed by atoms with Gasteiger partial charge in [-0.1, -0.05) is 0 Å². The quantitative estimate of drug-likeness (QED) is 0.488. The van der Waals surface area contributed by atoms with Crippen molar-refractivity contribution in [2.24, 2.45) is 0 Å². The van der Waals surface area contributed by atoms with E-state index in [1.165, 1.54) is 38.2 Å². The molecule has 0 aromatic heterocycles. The monoisotopic (exact) mass is 176 g/mol. The molecule has 1 unspecified atom stereocenters. The van der Waals surface area contributed by atoms with Crippen molar-refractivity contribution in [2.75, 3.05) is 38.7 Å². The van der Waals surface area contributed by atoms with Gasteiger partial charge < -0.3 is 5.32 Å². The van der Waals surface area contributed by atoms with E-state index in [1.807, 2.05) is 7.05 Å². The van der Waals surface area contributed by atoms with Crippen LogP contribution < -0.4 is 5.32 Å². The molecular formula is C8H20N2S. The fourth-order valence-corrected chi connectivity index (χ4v) is 3.36. The van der Waals surface area contributed by atoms with Crippen molar-refractivity contribution in [3.05, 3.63) is 0 Å². The van der Waals surface area contributed by atoms with Crippen molar-refractivity contribution in [3.63, 3.8) is 0 Å². The third kappa shape index (κ3) is 3.01. The Bertz CT molecular complexity index is 108. The van der Waals surface area contributed by atoms with Gasteiger partial charge in [-0.2, -0.15) is 0 Å². The average Bonchev–Trinajstić information content (AvgIpc) is 2.37. The summed E-state index contributed by atoms with van der Waals surface area (Å²) >= 11 is 0.260. The van der Waals surface area contributed by atoms with Gasteiger partial charge in [0, 0.05) is 13.1 Å². The topological polar surface area (TPSA) is 15.3 Å². The zero-order valence-corrected chi connectivity index (χ0v) is 8.53. The molecule has 0 aromatic rings. The van der Waals surface area contributed by atoms with E-state index in [0.717, 1.165) is 0 Å². The predicted octanol–water partition coefficient (Wildman–Crippen LogP) is 0.848. The number of rotatable bonds is 4. The number of nitrogens with one attached hydrogen (secondary N) is 1. The van der Waals surface area contributed by atoms with E-state index in [2.05, 4.69) is 15.9 Å². The van der Waals surface area contributed by atoms with Gasteiger partial charge in [-0.15, -0.1) is 0 Å². The Morgan fingerprint density at radius 1 is 1.55 bits per heavy atom. The molecule has 0 aromatic carbocycles. The highest BCUT2D eigenvalue weighted by atomic mass is 32.2. The standard InChI is InChI=1S/C8H20N2S/c1-9-5-3-6-10-7-4-8-11(10)2/h9,11H,3-8H2,1-2H3. The smallest absolute Gasteiger partial charge is 0.00836 e. The zero-order valence-electron chi connectivity index (χ0n) is 7.64. The fraction of sp³-hybridized carbons (Fsp3) is 1.00. The van der Waals surface area contributed by atoms with Crippen LogP contribution in [0.4, 0.5) is 0 Å². The molecule has 0 bridgehead atoms. The van der Waals surface area contributed by atoms with Gasteiger partial charge in [0.05, 0.1) is 0 Å². The molecule has 1 aliphatic heterocycles. The van der Waals surface area contributed by atoms with Crippen molar-refractivity contribution >= 4 is 11.1 Å². The van der Waals surface area contributed by atoms with E-state index in [0.29, 0.717) is 0 Å². The average molecular weight is 176 g/mol. The summed E-state index contributed by atoms with van der Waals surface area (Å²) in [4.78, 5) is 0. The number of hydrogen-bond donors (Lipinski definition) is 2. The van der Waals surface area contributed by atoms with Crippen LogP contribution >= 0.6 is 11.1 Å². The Morgan fingerprint density at radius 2 is 2.36 bits per heavy atom. The van der Waals surface area contributed by atoms with Gasteiger partial charge in [0.25, 0.3) is 0 Å². The summed E-state index contributed by atoms with van der Waals surface area (Å²) in [6.45, 7) is 3.83. The minimum atomic E-state index is 0.260. The van der Waals surface area contributed by atoms with Crippen LogP contribution in [0, 0.1) is 0 Å². The maximum absolute atomic E-state index is 3.19. The Morgan fingerprint density at radius 3 is 2.91 bits per heavy atom. The lowest BCUT2D eigenvalue weighted by Crippen LogP contribution is -2.20. The molecule has 0 aliphatic carbocycles. The summed E-state index contributed by atoms with van der Waals surface area (Å²) < 4.78 is 2.66. The summed E-state index contributed by atoms with van der Waals surface area (Å²) in [5, 5.41) is 3.19. The van der Waals surface area contributed by atoms with Gasteiger partial charge in [-0.25, -0.2) is 11.1 Å². The van der Waals surface area contributed by atoms with Crippen LogP contribution in [0.2, 0.25) is 0 Å². The summed E-state index contributed by atoms with van der Waals surface area (Å²) in [7, 11) is 2.03. The Hall–Kier alpha value is 0.270. The minimum Gasteiger partial charge on any atom is -0.320 e. The Kier molecular flexibility index (Phi) is 4.26. The number of hydrogen-bond acceptors (Lipinski definition) is 2. The van der Waals surface area contributed by atoms with Crippen molar-refractivity contribution in [3.8, 4) is 0 Å². The molecule has 0 spiro atoms. The maximum Gasteiger partial charge on any atom is 0.00836 e. The normalized spacial score (nSPS) is 29.5. The van der Waals surface area contributed by atoms with Gasteiger partial charge in [0.1, 0.15) is 0 Å². The number of thiol groups is 1. The molecule has 1 atom stereocenters. The second-order valence-corrected chi connectivity index (χ2v) is 5.47. The van der Waals surface area contributed by atoms with E-state index in [1.54, 1.807) is 0 Å². The molecule has 1 fully saturated rings. The van der Waals surface area contributed by atoms with Crippen LogP contribution in [0.3, 0.4) is 0 Å². The van der Waals surface area contributed by atoms with E-state index in [-0.39, 0.29) is 11.1 Å². The Balaban J connectivity index is 2.05. The molecule has 11 heavy (non-hydrogen) atoms. The van der Waals surface area contributed by atoms with Crippen LogP contribution in [-0.4, -0.2) is 43.0 Å². The predicted molar refractivity (Wildman–Crippen MR) is 54.5 cm³/mol. The molecule has 1 aliphatic rings. The fourth-order valence-electron chi connectivity index (χ4n) is 1.52. The molecule has 0 amide bonds. The first-order valence-electron chi connectivity index (χ1n) is 4.45. The van der Waals surface area contributed by atoms with Gasteiger partial charge >= 0.3 is 0 Å². The first kappa shape index (κ1) is 9.36. The lowest BCUT2D eigenvalue weighted by Gasteiger charge is -2.23. The summed E-state index contributed by atoms with van der Waals surface area (Å²) in [6.07, 6.45) is 5.15. The zero-order chi connectivity index (χ0) is 8.10. The second kappa shape index (κ2) is 5.01. The van der Waals surface area contributed by atoms with Crippen LogP contribution in [0.5, 0.6) is 0 Å². The molecule has 1 heterocycles. The first-order chi connectivity index (χ1) is 5.34. The molecule has 1 N–H and O–H groups in total. The van der Waals surface area contributed by atoms with Crippen LogP contribution in [0.1, 0.15) is 12.8 Å². The molecule has 0 saturated carbocycles. The minimum absolute atomic E-state index is 0.260. The highest BCUT2D eigenvalue weighted by Crippen LogP contribution is 2.33. The number of nitrogens with zero attached hydrogens (tertiary/aromatic N) is 1. The van der Waals surface area contributed by atoms with Crippen LogP contribution in [0.25, 0.3) is 0 Å². The lowest BCUT2D eigenvalue weighted by atomic mass is 10.4. The molecule has 0 radical (unpaired) electrons. The molecule has 3 heteroatoms. The van der Waals surface area contributed by atoms with E-state index in [4.69, 9.17) is 0 Å². The van der Waals surface area contributed by atoms with Crippen molar-refractivity contribution in [1.82, 2.24) is 9.62 Å². The van der Waals surface area contributed by atoms with Crippen LogP contribution in [-0.2, 0) is 0 Å². The van der Waals surface area contributed by atoms with Gasteiger partial charge in [0.15, 0.2) is 0 Å². The highest BCUT2D eigenvalue weighted by molar-refractivity contribution is 8.14. The third-order valence-corrected chi connectivity index (χ3v) is 4.55. The largest absolute Gasteiger partial charge is 0.320 e. The van der Waals surface area contributed by atoms with Crippen LogP contribution in [0.15, 0.2) is 0 Å². The third-order valence-electron chi connectivity index (χ3n) is 2.22. The highest BCUT2D eigenvalue weighted by Gasteiger charge is 2.15. The Labute approximate surface area is 72.8 Å². The molecule has 1 saturated heterocycles. The summed E-state index contributed by atoms with van der Waals surface area (Å²) in [5.41, 5.74) is 0. The molecule has 68 valence electrons. The lowest BCUT2D eigenvalue weighted by molar-refractivity contribution is 0.473. The molecule has 2 nitrogen and oxygen atoms in total. The summed E-state index contributed by atoms with van der Waals surface area (Å²) in [6, 6.07) is 0. The first-order valence-corrected chi connectivity index (χ1v) is 6.38. The van der Waals surface area contributed by atoms with Gasteiger partial charge in [-0.05, 0) is 38.4 Å². The van der Waals surface area contributed by atoms with Gasteiger partial charge in [-0.3, -0.25) is 4.31 Å². The SMILES string of the molecule is CNCCCN1CCC[SH]1C. The van der Waals surface area contributed by atoms with Crippen molar-refractivity contribution in [2.45, 2.75) is 12.8 Å².